The lowest BCUT2D eigenvalue weighted by molar-refractivity contribution is 0.0942. The summed E-state index contributed by atoms with van der Waals surface area (Å²) in [5.41, 5.74) is -0.231. The molecule has 5 nitrogen and oxygen atoms in total. The fourth-order valence-electron chi connectivity index (χ4n) is 1.71. The molecule has 1 aromatic carbocycles. The van der Waals surface area contributed by atoms with Gasteiger partial charge in [-0.1, -0.05) is 18.2 Å². The van der Waals surface area contributed by atoms with Gasteiger partial charge in [0.2, 0.25) is 0 Å². The highest BCUT2D eigenvalue weighted by Crippen LogP contribution is 2.12. The van der Waals surface area contributed by atoms with Gasteiger partial charge >= 0.3 is 5.63 Å². The molecule has 1 atom stereocenters. The number of hydrogen-bond acceptors (Lipinski definition) is 4. The molecule has 1 unspecified atom stereocenters. The Morgan fingerprint density at radius 3 is 2.89 bits per heavy atom. The SMILES string of the molecule is CC(O)CCNC(=O)c1cc2ccccc2oc1=O. The summed E-state index contributed by atoms with van der Waals surface area (Å²) >= 11 is 0. The Labute approximate surface area is 109 Å². The zero-order valence-corrected chi connectivity index (χ0v) is 10.6. The van der Waals surface area contributed by atoms with E-state index in [1.54, 1.807) is 31.2 Å². The molecular weight excluding hydrogens is 246 g/mol. The van der Waals surface area contributed by atoms with Crippen molar-refractivity contribution in [2.75, 3.05) is 6.54 Å². The molecule has 0 aliphatic heterocycles. The van der Waals surface area contributed by atoms with Gasteiger partial charge in [0.15, 0.2) is 0 Å². The van der Waals surface area contributed by atoms with Crippen molar-refractivity contribution in [2.24, 2.45) is 0 Å². The smallest absolute Gasteiger partial charge is 0.349 e. The lowest BCUT2D eigenvalue weighted by Crippen LogP contribution is -2.30. The summed E-state index contributed by atoms with van der Waals surface area (Å²) in [6.45, 7) is 1.94. The van der Waals surface area contributed by atoms with E-state index in [1.165, 1.54) is 6.07 Å². The average Bonchev–Trinajstić information content (AvgIpc) is 2.37. The number of carbonyl (C=O) groups excluding carboxylic acids is 1. The number of fused-ring (bicyclic) bond motifs is 1. The van der Waals surface area contributed by atoms with E-state index in [9.17, 15) is 9.59 Å². The van der Waals surface area contributed by atoms with Crippen LogP contribution in [0.4, 0.5) is 0 Å². The van der Waals surface area contributed by atoms with E-state index in [0.29, 0.717) is 23.9 Å². The van der Waals surface area contributed by atoms with Crippen LogP contribution in [-0.4, -0.2) is 23.7 Å². The fraction of sp³-hybridized carbons (Fsp3) is 0.286. The summed E-state index contributed by atoms with van der Waals surface area (Å²) in [6, 6.07) is 8.51. The van der Waals surface area contributed by atoms with Crippen molar-refractivity contribution in [3.05, 3.63) is 46.3 Å². The predicted octanol–water partition coefficient (Wildman–Crippen LogP) is 1.29. The standard InChI is InChI=1S/C14H15NO4/c1-9(16)6-7-15-13(17)11-8-10-4-2-3-5-12(10)19-14(11)18/h2-5,8-9,16H,6-7H2,1H3,(H,15,17). The number of carbonyl (C=O) groups is 1. The largest absolute Gasteiger partial charge is 0.422 e. The third kappa shape index (κ3) is 3.20. The van der Waals surface area contributed by atoms with Crippen LogP contribution in [-0.2, 0) is 0 Å². The van der Waals surface area contributed by atoms with Crippen molar-refractivity contribution in [2.45, 2.75) is 19.4 Å². The van der Waals surface area contributed by atoms with Crippen LogP contribution in [0.3, 0.4) is 0 Å². The third-order valence-electron chi connectivity index (χ3n) is 2.73. The molecule has 1 aromatic heterocycles. The Morgan fingerprint density at radius 1 is 1.42 bits per heavy atom. The van der Waals surface area contributed by atoms with Crippen LogP contribution in [0.25, 0.3) is 11.0 Å². The maximum absolute atomic E-state index is 11.8. The second-order valence-corrected chi connectivity index (χ2v) is 4.38. The number of aliphatic hydroxyl groups excluding tert-OH is 1. The van der Waals surface area contributed by atoms with Crippen molar-refractivity contribution in [3.8, 4) is 0 Å². The van der Waals surface area contributed by atoms with Gasteiger partial charge in [-0.05, 0) is 25.5 Å². The van der Waals surface area contributed by atoms with Crippen LogP contribution in [0.5, 0.6) is 0 Å². The topological polar surface area (TPSA) is 79.5 Å². The molecule has 0 fully saturated rings. The normalized spacial score (nSPS) is 12.3. The third-order valence-corrected chi connectivity index (χ3v) is 2.73. The number of nitrogens with one attached hydrogen (secondary N) is 1. The molecule has 0 bridgehead atoms. The number of para-hydroxylation sites is 1. The zero-order chi connectivity index (χ0) is 13.8. The minimum Gasteiger partial charge on any atom is -0.422 e. The minimum atomic E-state index is -0.659. The number of rotatable bonds is 4. The quantitative estimate of drug-likeness (QED) is 0.813. The van der Waals surface area contributed by atoms with Crippen molar-refractivity contribution in [1.82, 2.24) is 5.32 Å². The van der Waals surface area contributed by atoms with E-state index >= 15 is 0 Å². The van der Waals surface area contributed by atoms with Gasteiger partial charge in [0.05, 0.1) is 6.10 Å². The number of hydrogen-bond donors (Lipinski definition) is 2. The van der Waals surface area contributed by atoms with Gasteiger partial charge in [0.1, 0.15) is 11.1 Å². The van der Waals surface area contributed by atoms with Crippen LogP contribution in [0, 0.1) is 0 Å². The maximum atomic E-state index is 11.8. The monoisotopic (exact) mass is 261 g/mol. The Hall–Kier alpha value is -2.14. The molecule has 2 rings (SSSR count). The van der Waals surface area contributed by atoms with E-state index in [0.717, 1.165) is 0 Å². The Morgan fingerprint density at radius 2 is 2.16 bits per heavy atom. The fourth-order valence-corrected chi connectivity index (χ4v) is 1.71. The second-order valence-electron chi connectivity index (χ2n) is 4.38. The van der Waals surface area contributed by atoms with E-state index < -0.39 is 17.6 Å². The molecule has 19 heavy (non-hydrogen) atoms. The molecule has 0 spiro atoms. The highest BCUT2D eigenvalue weighted by atomic mass is 16.4. The van der Waals surface area contributed by atoms with Gasteiger partial charge in [-0.25, -0.2) is 4.79 Å². The molecule has 0 radical (unpaired) electrons. The summed E-state index contributed by atoms with van der Waals surface area (Å²) in [7, 11) is 0. The van der Waals surface area contributed by atoms with Crippen molar-refractivity contribution in [3.63, 3.8) is 0 Å². The summed E-state index contributed by atoms with van der Waals surface area (Å²) < 4.78 is 5.08. The Balaban J connectivity index is 2.22. The average molecular weight is 261 g/mol. The first-order valence-electron chi connectivity index (χ1n) is 6.07. The van der Waals surface area contributed by atoms with E-state index in [-0.39, 0.29) is 5.56 Å². The molecule has 1 amide bonds. The summed E-state index contributed by atoms with van der Waals surface area (Å²) in [4.78, 5) is 23.5. The maximum Gasteiger partial charge on any atom is 0.349 e. The van der Waals surface area contributed by atoms with Gasteiger partial charge in [0.25, 0.3) is 5.91 Å². The van der Waals surface area contributed by atoms with Crippen molar-refractivity contribution >= 4 is 16.9 Å². The van der Waals surface area contributed by atoms with Crippen LogP contribution in [0.15, 0.2) is 39.5 Å². The summed E-state index contributed by atoms with van der Waals surface area (Å²) in [6.07, 6.45) is -0.0571. The first-order valence-corrected chi connectivity index (χ1v) is 6.07. The van der Waals surface area contributed by atoms with E-state index in [2.05, 4.69) is 5.32 Å². The molecule has 0 aliphatic carbocycles. The van der Waals surface area contributed by atoms with Gasteiger partial charge < -0.3 is 14.8 Å². The van der Waals surface area contributed by atoms with Crippen molar-refractivity contribution in [1.29, 1.82) is 0 Å². The van der Waals surface area contributed by atoms with Gasteiger partial charge in [0, 0.05) is 11.9 Å². The minimum absolute atomic E-state index is 0.0238. The highest BCUT2D eigenvalue weighted by molar-refractivity contribution is 5.96. The Bertz CT molecular complexity index is 645. The van der Waals surface area contributed by atoms with Crippen molar-refractivity contribution < 1.29 is 14.3 Å². The predicted molar refractivity (Wildman–Crippen MR) is 71.1 cm³/mol. The number of amides is 1. The van der Waals surface area contributed by atoms with Crippen LogP contribution >= 0.6 is 0 Å². The zero-order valence-electron chi connectivity index (χ0n) is 10.6. The molecule has 2 N–H and O–H groups in total. The second kappa shape index (κ2) is 5.67. The molecule has 100 valence electrons. The van der Waals surface area contributed by atoms with Crippen LogP contribution in [0.1, 0.15) is 23.7 Å². The lowest BCUT2D eigenvalue weighted by Gasteiger charge is -2.06. The lowest BCUT2D eigenvalue weighted by atomic mass is 10.2. The molecule has 0 saturated carbocycles. The summed E-state index contributed by atoms with van der Waals surface area (Å²) in [5, 5.41) is 12.4. The molecule has 0 aliphatic rings. The first kappa shape index (κ1) is 13.3. The molecule has 1 heterocycles. The first-order chi connectivity index (χ1) is 9.08. The van der Waals surface area contributed by atoms with Crippen LogP contribution in [0.2, 0.25) is 0 Å². The molecule has 2 aromatic rings. The van der Waals surface area contributed by atoms with Gasteiger partial charge in [-0.15, -0.1) is 0 Å². The van der Waals surface area contributed by atoms with E-state index in [4.69, 9.17) is 9.52 Å². The molecular formula is C14H15NO4. The highest BCUT2D eigenvalue weighted by Gasteiger charge is 2.13. The van der Waals surface area contributed by atoms with Gasteiger partial charge in [-0.3, -0.25) is 4.79 Å². The number of benzene rings is 1. The van der Waals surface area contributed by atoms with E-state index in [1.807, 2.05) is 0 Å². The van der Waals surface area contributed by atoms with Gasteiger partial charge in [-0.2, -0.15) is 0 Å². The molecule has 5 heteroatoms. The summed E-state index contributed by atoms with van der Waals surface area (Å²) in [5.74, 6) is -0.486. The number of aliphatic hydroxyl groups is 1. The molecule has 0 saturated heterocycles. The Kier molecular flexibility index (Phi) is 3.97. The van der Waals surface area contributed by atoms with Crippen LogP contribution < -0.4 is 10.9 Å².